The molecule has 3 unspecified atom stereocenters. The quantitative estimate of drug-likeness (QED) is 0.823. The molecule has 4 heteroatoms. The van der Waals surface area contributed by atoms with Gasteiger partial charge in [0.25, 0.3) is 0 Å². The van der Waals surface area contributed by atoms with Crippen LogP contribution in [-0.2, 0) is 17.9 Å². The monoisotopic (exact) mass is 328 g/mol. The predicted molar refractivity (Wildman–Crippen MR) is 81.1 cm³/mol. The topological polar surface area (TPSA) is 27.1 Å². The number of rotatable bonds is 4. The van der Waals surface area contributed by atoms with Crippen LogP contribution in [0.4, 0.5) is 0 Å². The van der Waals surface area contributed by atoms with E-state index in [2.05, 4.69) is 41.8 Å². The summed E-state index contributed by atoms with van der Waals surface area (Å²) in [6.45, 7) is 10.4. The van der Waals surface area contributed by atoms with Gasteiger partial charge in [-0.2, -0.15) is 5.10 Å². The molecule has 0 radical (unpaired) electrons. The van der Waals surface area contributed by atoms with E-state index in [1.165, 1.54) is 25.0 Å². The first-order chi connectivity index (χ1) is 9.02. The molecule has 0 spiro atoms. The zero-order valence-corrected chi connectivity index (χ0v) is 14.0. The second kappa shape index (κ2) is 6.40. The van der Waals surface area contributed by atoms with Crippen LogP contribution in [0, 0.1) is 18.8 Å². The number of hydrogen-bond acceptors (Lipinski definition) is 2. The van der Waals surface area contributed by atoms with Gasteiger partial charge in [-0.15, -0.1) is 0 Å². The Labute approximate surface area is 124 Å². The maximum atomic E-state index is 6.13. The fraction of sp³-hybridized carbons (Fsp3) is 0.800. The smallest absolute Gasteiger partial charge is 0.0900 e. The van der Waals surface area contributed by atoms with Gasteiger partial charge in [0.05, 0.1) is 28.6 Å². The van der Waals surface area contributed by atoms with Crippen molar-refractivity contribution in [2.45, 2.75) is 66.2 Å². The van der Waals surface area contributed by atoms with Crippen LogP contribution in [0.25, 0.3) is 0 Å². The SMILES string of the molecule is CCn1nc(C)c(Br)c1COC1CCC(C)C(C)C1. The molecule has 1 saturated carbocycles. The van der Waals surface area contributed by atoms with Crippen LogP contribution in [0.2, 0.25) is 0 Å². The Morgan fingerprint density at radius 3 is 2.68 bits per heavy atom. The summed E-state index contributed by atoms with van der Waals surface area (Å²) < 4.78 is 9.27. The summed E-state index contributed by atoms with van der Waals surface area (Å²) in [5.41, 5.74) is 2.22. The lowest BCUT2D eigenvalue weighted by Crippen LogP contribution is -2.27. The van der Waals surface area contributed by atoms with E-state index in [1.54, 1.807) is 0 Å². The molecule has 0 aromatic carbocycles. The molecule has 0 saturated heterocycles. The first-order valence-corrected chi connectivity index (χ1v) is 8.15. The Kier molecular flexibility index (Phi) is 5.07. The summed E-state index contributed by atoms with van der Waals surface area (Å²) in [4.78, 5) is 0. The van der Waals surface area contributed by atoms with Crippen molar-refractivity contribution >= 4 is 15.9 Å². The van der Waals surface area contributed by atoms with Crippen molar-refractivity contribution in [1.82, 2.24) is 9.78 Å². The standard InChI is InChI=1S/C15H25BrN2O/c1-5-18-14(15(16)12(4)17-18)9-19-13-7-6-10(2)11(3)8-13/h10-11,13H,5-9H2,1-4H3. The molecule has 1 heterocycles. The van der Waals surface area contributed by atoms with E-state index in [-0.39, 0.29) is 0 Å². The summed E-state index contributed by atoms with van der Waals surface area (Å²) in [5.74, 6) is 1.62. The second-order valence-corrected chi connectivity index (χ2v) is 6.66. The minimum Gasteiger partial charge on any atom is -0.372 e. The van der Waals surface area contributed by atoms with Crippen molar-refractivity contribution in [3.8, 4) is 0 Å². The zero-order valence-electron chi connectivity index (χ0n) is 12.4. The highest BCUT2D eigenvalue weighted by molar-refractivity contribution is 9.10. The predicted octanol–water partition coefficient (Wildman–Crippen LogP) is 4.32. The normalized spacial score (nSPS) is 27.7. The second-order valence-electron chi connectivity index (χ2n) is 5.86. The van der Waals surface area contributed by atoms with Gasteiger partial charge in [-0.3, -0.25) is 4.68 Å². The van der Waals surface area contributed by atoms with Crippen molar-refractivity contribution in [2.24, 2.45) is 11.8 Å². The molecular formula is C15H25BrN2O. The Bertz CT molecular complexity index is 430. The molecule has 2 rings (SSSR count). The fourth-order valence-corrected chi connectivity index (χ4v) is 3.25. The largest absolute Gasteiger partial charge is 0.372 e. The third-order valence-electron chi connectivity index (χ3n) is 4.46. The van der Waals surface area contributed by atoms with Crippen LogP contribution in [0.5, 0.6) is 0 Å². The van der Waals surface area contributed by atoms with Gasteiger partial charge >= 0.3 is 0 Å². The number of hydrogen-bond donors (Lipinski definition) is 0. The molecule has 1 aromatic heterocycles. The third kappa shape index (κ3) is 3.40. The Hall–Kier alpha value is -0.350. The lowest BCUT2D eigenvalue weighted by atomic mass is 9.80. The van der Waals surface area contributed by atoms with E-state index in [1.807, 2.05) is 11.6 Å². The highest BCUT2D eigenvalue weighted by atomic mass is 79.9. The van der Waals surface area contributed by atoms with Crippen LogP contribution in [0.3, 0.4) is 0 Å². The van der Waals surface area contributed by atoms with Crippen molar-refractivity contribution in [1.29, 1.82) is 0 Å². The van der Waals surface area contributed by atoms with Gasteiger partial charge in [0.2, 0.25) is 0 Å². The van der Waals surface area contributed by atoms with E-state index in [4.69, 9.17) is 4.74 Å². The van der Waals surface area contributed by atoms with Crippen LogP contribution in [0.15, 0.2) is 4.47 Å². The molecule has 108 valence electrons. The van der Waals surface area contributed by atoms with E-state index in [0.29, 0.717) is 12.7 Å². The average molecular weight is 329 g/mol. The summed E-state index contributed by atoms with van der Waals surface area (Å²) in [6.07, 6.45) is 4.10. The highest BCUT2D eigenvalue weighted by Gasteiger charge is 2.25. The van der Waals surface area contributed by atoms with Crippen LogP contribution in [-0.4, -0.2) is 15.9 Å². The molecule has 1 fully saturated rings. The molecule has 1 aromatic rings. The maximum Gasteiger partial charge on any atom is 0.0900 e. The summed E-state index contributed by atoms with van der Waals surface area (Å²) >= 11 is 3.62. The van der Waals surface area contributed by atoms with Crippen molar-refractivity contribution in [3.05, 3.63) is 15.9 Å². The number of halogens is 1. The summed E-state index contributed by atoms with van der Waals surface area (Å²) in [5, 5.41) is 4.51. The maximum absolute atomic E-state index is 6.13. The summed E-state index contributed by atoms with van der Waals surface area (Å²) in [6, 6.07) is 0. The lowest BCUT2D eigenvalue weighted by Gasteiger charge is -2.32. The molecule has 0 bridgehead atoms. The lowest BCUT2D eigenvalue weighted by molar-refractivity contribution is -0.0103. The molecule has 1 aliphatic carbocycles. The fourth-order valence-electron chi connectivity index (χ4n) is 2.85. The van der Waals surface area contributed by atoms with Crippen molar-refractivity contribution < 1.29 is 4.74 Å². The van der Waals surface area contributed by atoms with Gasteiger partial charge in [-0.25, -0.2) is 0 Å². The van der Waals surface area contributed by atoms with Gasteiger partial charge in [0.1, 0.15) is 0 Å². The molecule has 1 aliphatic rings. The van der Waals surface area contributed by atoms with Crippen molar-refractivity contribution in [3.63, 3.8) is 0 Å². The molecule has 3 nitrogen and oxygen atoms in total. The van der Waals surface area contributed by atoms with E-state index in [9.17, 15) is 0 Å². The summed E-state index contributed by atoms with van der Waals surface area (Å²) in [7, 11) is 0. The van der Waals surface area contributed by atoms with Gasteiger partial charge in [0, 0.05) is 6.54 Å². The van der Waals surface area contributed by atoms with E-state index in [0.717, 1.165) is 28.5 Å². The molecule has 0 aliphatic heterocycles. The molecule has 0 amide bonds. The number of aromatic nitrogens is 2. The Morgan fingerprint density at radius 2 is 2.05 bits per heavy atom. The van der Waals surface area contributed by atoms with Crippen molar-refractivity contribution in [2.75, 3.05) is 0 Å². The molecule has 0 N–H and O–H groups in total. The van der Waals surface area contributed by atoms with Crippen LogP contribution in [0.1, 0.15) is 51.4 Å². The first kappa shape index (κ1) is 15.0. The Balaban J connectivity index is 1.96. The minimum atomic E-state index is 0.415. The molecule has 19 heavy (non-hydrogen) atoms. The van der Waals surface area contributed by atoms with Gasteiger partial charge < -0.3 is 4.74 Å². The van der Waals surface area contributed by atoms with E-state index < -0.39 is 0 Å². The first-order valence-electron chi connectivity index (χ1n) is 7.36. The Morgan fingerprint density at radius 1 is 1.32 bits per heavy atom. The third-order valence-corrected chi connectivity index (χ3v) is 5.49. The number of ether oxygens (including phenoxy) is 1. The number of nitrogens with zero attached hydrogens (tertiary/aromatic N) is 2. The minimum absolute atomic E-state index is 0.415. The van der Waals surface area contributed by atoms with E-state index >= 15 is 0 Å². The molecular weight excluding hydrogens is 304 g/mol. The average Bonchev–Trinajstić information content (AvgIpc) is 2.67. The van der Waals surface area contributed by atoms with Gasteiger partial charge in [-0.1, -0.05) is 13.8 Å². The van der Waals surface area contributed by atoms with Gasteiger partial charge in [-0.05, 0) is 60.9 Å². The van der Waals surface area contributed by atoms with Crippen LogP contribution >= 0.6 is 15.9 Å². The zero-order chi connectivity index (χ0) is 14.0. The van der Waals surface area contributed by atoms with Gasteiger partial charge in [0.15, 0.2) is 0 Å². The number of aryl methyl sites for hydroxylation is 2. The van der Waals surface area contributed by atoms with Crippen LogP contribution < -0.4 is 0 Å². The highest BCUT2D eigenvalue weighted by Crippen LogP contribution is 2.32. The molecule has 3 atom stereocenters.